The third-order valence-corrected chi connectivity index (χ3v) is 4.54. The Morgan fingerprint density at radius 3 is 2.39 bits per heavy atom. The number of benzene rings is 2. The first-order valence-corrected chi connectivity index (χ1v) is 9.25. The van der Waals surface area contributed by atoms with E-state index >= 15 is 0 Å². The van der Waals surface area contributed by atoms with Crippen molar-refractivity contribution in [1.29, 1.82) is 0 Å². The zero-order chi connectivity index (χ0) is 16.7. The van der Waals surface area contributed by atoms with E-state index in [4.69, 9.17) is 4.74 Å². The molecule has 0 aliphatic carbocycles. The second-order valence-corrected chi connectivity index (χ2v) is 7.00. The van der Waals surface area contributed by atoms with Gasteiger partial charge in [-0.25, -0.2) is 0 Å². The minimum atomic E-state index is -0.504. The highest BCUT2D eigenvalue weighted by atomic mass is 79.9. The fourth-order valence-electron chi connectivity index (χ4n) is 2.20. The molecule has 0 spiro atoms. The smallest absolute Gasteiger partial charge is 0.147 e. The number of hydrogen-bond acceptors (Lipinski definition) is 3. The topological polar surface area (TPSA) is 41.5 Å². The summed E-state index contributed by atoms with van der Waals surface area (Å²) in [7, 11) is 0. The van der Waals surface area contributed by atoms with Crippen molar-refractivity contribution < 1.29 is 9.84 Å². The summed E-state index contributed by atoms with van der Waals surface area (Å²) < 4.78 is 7.58. The number of aliphatic hydroxyl groups excluding tert-OH is 1. The van der Waals surface area contributed by atoms with Crippen molar-refractivity contribution in [3.8, 4) is 5.75 Å². The van der Waals surface area contributed by atoms with Gasteiger partial charge >= 0.3 is 0 Å². The lowest BCUT2D eigenvalue weighted by Gasteiger charge is -2.14. The zero-order valence-electron chi connectivity index (χ0n) is 13.1. The van der Waals surface area contributed by atoms with E-state index in [1.54, 1.807) is 0 Å². The van der Waals surface area contributed by atoms with Crippen LogP contribution in [0.4, 0.5) is 0 Å². The van der Waals surface area contributed by atoms with E-state index in [2.05, 4.69) is 44.1 Å². The van der Waals surface area contributed by atoms with Crippen LogP contribution in [0.25, 0.3) is 0 Å². The van der Waals surface area contributed by atoms with Crippen molar-refractivity contribution in [1.82, 2.24) is 5.32 Å². The molecule has 2 N–H and O–H groups in total. The number of halogens is 2. The molecule has 0 amide bonds. The van der Waals surface area contributed by atoms with Gasteiger partial charge in [-0.05, 0) is 61.5 Å². The van der Waals surface area contributed by atoms with E-state index in [1.165, 1.54) is 0 Å². The highest BCUT2D eigenvalue weighted by Crippen LogP contribution is 2.34. The molecule has 0 aliphatic heterocycles. The molecule has 0 aliphatic rings. The molecule has 0 fully saturated rings. The predicted octanol–water partition coefficient (Wildman–Crippen LogP) is 4.82. The highest BCUT2D eigenvalue weighted by Gasteiger charge is 2.10. The summed E-state index contributed by atoms with van der Waals surface area (Å²) in [6, 6.07) is 13.7. The molecular formula is C18H21Br2NO2. The van der Waals surface area contributed by atoms with Gasteiger partial charge in [0.2, 0.25) is 0 Å². The first-order valence-electron chi connectivity index (χ1n) is 7.66. The summed E-state index contributed by atoms with van der Waals surface area (Å²) in [5, 5.41) is 13.4. The molecule has 0 aromatic heterocycles. The van der Waals surface area contributed by atoms with Crippen molar-refractivity contribution in [3.05, 3.63) is 62.5 Å². The molecule has 23 heavy (non-hydrogen) atoms. The molecule has 1 atom stereocenters. The van der Waals surface area contributed by atoms with Crippen LogP contribution in [0.2, 0.25) is 0 Å². The fourth-order valence-corrected chi connectivity index (χ4v) is 3.71. The SMILES string of the molecule is CCCOc1c(Br)cc(CNC[C@H](O)c2ccccc2)cc1Br. The van der Waals surface area contributed by atoms with Crippen molar-refractivity contribution in [2.75, 3.05) is 13.2 Å². The van der Waals surface area contributed by atoms with E-state index in [1.807, 2.05) is 42.5 Å². The quantitative estimate of drug-likeness (QED) is 0.615. The van der Waals surface area contributed by atoms with Crippen LogP contribution >= 0.6 is 31.9 Å². The summed E-state index contributed by atoms with van der Waals surface area (Å²) in [4.78, 5) is 0. The van der Waals surface area contributed by atoms with Crippen LogP contribution in [0.3, 0.4) is 0 Å². The summed E-state index contributed by atoms with van der Waals surface area (Å²) >= 11 is 7.11. The average Bonchev–Trinajstić information content (AvgIpc) is 2.55. The normalized spacial score (nSPS) is 12.2. The summed E-state index contributed by atoms with van der Waals surface area (Å²) in [5.74, 6) is 0.833. The Kier molecular flexibility index (Phi) is 7.56. The number of hydrogen-bond donors (Lipinski definition) is 2. The third-order valence-electron chi connectivity index (χ3n) is 3.36. The number of aliphatic hydroxyl groups is 1. The lowest BCUT2D eigenvalue weighted by Crippen LogP contribution is -2.21. The first kappa shape index (κ1) is 18.5. The second-order valence-electron chi connectivity index (χ2n) is 5.29. The molecule has 0 radical (unpaired) electrons. The van der Waals surface area contributed by atoms with Gasteiger partial charge in [-0.3, -0.25) is 0 Å². The van der Waals surface area contributed by atoms with Crippen molar-refractivity contribution in [3.63, 3.8) is 0 Å². The number of ether oxygens (including phenoxy) is 1. The van der Waals surface area contributed by atoms with Gasteiger partial charge in [0.05, 0.1) is 21.7 Å². The van der Waals surface area contributed by atoms with E-state index in [0.717, 1.165) is 32.2 Å². The molecule has 0 bridgehead atoms. The Hall–Kier alpha value is -0.880. The Morgan fingerprint density at radius 1 is 1.13 bits per heavy atom. The summed E-state index contributed by atoms with van der Waals surface area (Å²) in [5.41, 5.74) is 2.04. The maximum Gasteiger partial charge on any atom is 0.147 e. The van der Waals surface area contributed by atoms with Crippen LogP contribution in [-0.4, -0.2) is 18.3 Å². The van der Waals surface area contributed by atoms with Gasteiger partial charge in [-0.15, -0.1) is 0 Å². The van der Waals surface area contributed by atoms with Crippen molar-refractivity contribution in [2.45, 2.75) is 26.0 Å². The van der Waals surface area contributed by atoms with Crippen LogP contribution in [0.1, 0.15) is 30.6 Å². The molecule has 5 heteroatoms. The minimum absolute atomic E-state index is 0.504. The minimum Gasteiger partial charge on any atom is -0.491 e. The summed E-state index contributed by atoms with van der Waals surface area (Å²) in [6.07, 6.45) is 0.467. The molecule has 2 aromatic rings. The lowest BCUT2D eigenvalue weighted by atomic mass is 10.1. The molecule has 2 rings (SSSR count). The molecular weight excluding hydrogens is 422 g/mol. The molecule has 3 nitrogen and oxygen atoms in total. The molecule has 0 saturated carbocycles. The van der Waals surface area contributed by atoms with Gasteiger partial charge in [0.1, 0.15) is 5.75 Å². The molecule has 0 heterocycles. The molecule has 0 unspecified atom stereocenters. The number of rotatable bonds is 8. The van der Waals surface area contributed by atoms with Crippen LogP contribution in [0.5, 0.6) is 5.75 Å². The highest BCUT2D eigenvalue weighted by molar-refractivity contribution is 9.11. The van der Waals surface area contributed by atoms with E-state index < -0.39 is 6.10 Å². The zero-order valence-corrected chi connectivity index (χ0v) is 16.2. The monoisotopic (exact) mass is 441 g/mol. The average molecular weight is 443 g/mol. The Labute approximate surface area is 154 Å². The maximum atomic E-state index is 10.1. The van der Waals surface area contributed by atoms with Crippen LogP contribution in [0, 0.1) is 0 Å². The lowest BCUT2D eigenvalue weighted by molar-refractivity contribution is 0.174. The fraction of sp³-hybridized carbons (Fsp3) is 0.333. The van der Waals surface area contributed by atoms with E-state index in [9.17, 15) is 5.11 Å². The predicted molar refractivity (Wildman–Crippen MR) is 101 cm³/mol. The Bertz CT molecular complexity index is 597. The van der Waals surface area contributed by atoms with Gasteiger partial charge in [-0.1, -0.05) is 37.3 Å². The van der Waals surface area contributed by atoms with Gasteiger partial charge in [0.25, 0.3) is 0 Å². The summed E-state index contributed by atoms with van der Waals surface area (Å²) in [6.45, 7) is 3.96. The van der Waals surface area contributed by atoms with Crippen LogP contribution < -0.4 is 10.1 Å². The van der Waals surface area contributed by atoms with E-state index in [-0.39, 0.29) is 0 Å². The first-order chi connectivity index (χ1) is 11.1. The number of nitrogens with one attached hydrogen (secondary N) is 1. The van der Waals surface area contributed by atoms with Gasteiger partial charge < -0.3 is 15.2 Å². The standard InChI is InChI=1S/C18H21Br2NO2/c1-2-8-23-18-15(19)9-13(10-16(18)20)11-21-12-17(22)14-6-4-3-5-7-14/h3-7,9-10,17,21-22H,2,8,11-12H2,1H3/t17-/m0/s1. The maximum absolute atomic E-state index is 10.1. The van der Waals surface area contributed by atoms with E-state index in [0.29, 0.717) is 19.7 Å². The van der Waals surface area contributed by atoms with Crippen LogP contribution in [-0.2, 0) is 6.54 Å². The van der Waals surface area contributed by atoms with Gasteiger partial charge in [-0.2, -0.15) is 0 Å². The Balaban J connectivity index is 1.91. The molecule has 2 aromatic carbocycles. The van der Waals surface area contributed by atoms with Gasteiger partial charge in [0, 0.05) is 13.1 Å². The largest absolute Gasteiger partial charge is 0.491 e. The molecule has 124 valence electrons. The third kappa shape index (κ3) is 5.60. The second kappa shape index (κ2) is 9.42. The van der Waals surface area contributed by atoms with Crippen LogP contribution in [0.15, 0.2) is 51.4 Å². The van der Waals surface area contributed by atoms with Crippen molar-refractivity contribution >= 4 is 31.9 Å². The van der Waals surface area contributed by atoms with Gasteiger partial charge in [0.15, 0.2) is 0 Å². The molecule has 0 saturated heterocycles. The Morgan fingerprint density at radius 2 is 1.78 bits per heavy atom. The van der Waals surface area contributed by atoms with Crippen molar-refractivity contribution in [2.24, 2.45) is 0 Å².